The van der Waals surface area contributed by atoms with Gasteiger partial charge in [-0.05, 0) is 25.7 Å². The minimum atomic E-state index is 0.0789. The molecule has 0 aromatic carbocycles. The molecular weight excluding hydrogens is 150 g/mol. The molecule has 1 N–H and O–H groups in total. The standard InChI is InChI=1S/C10H19NO/c1-9(2)7-11-10(12-8-9)5-3-4-6-10/h11H,3-8H2,1-2H3. The Bertz CT molecular complexity index is 159. The molecule has 2 heteroatoms. The van der Waals surface area contributed by atoms with E-state index in [4.69, 9.17) is 4.74 Å². The molecule has 0 atom stereocenters. The molecule has 2 fully saturated rings. The van der Waals surface area contributed by atoms with Gasteiger partial charge < -0.3 is 4.74 Å². The first-order valence-electron chi connectivity index (χ1n) is 5.01. The monoisotopic (exact) mass is 169 g/mol. The van der Waals surface area contributed by atoms with Crippen molar-refractivity contribution in [2.24, 2.45) is 5.41 Å². The van der Waals surface area contributed by atoms with Crippen LogP contribution in [0, 0.1) is 5.41 Å². The predicted octanol–water partition coefficient (Wildman–Crippen LogP) is 1.90. The number of hydrogen-bond donors (Lipinski definition) is 1. The van der Waals surface area contributed by atoms with Gasteiger partial charge >= 0.3 is 0 Å². The summed E-state index contributed by atoms with van der Waals surface area (Å²) in [6, 6.07) is 0. The predicted molar refractivity (Wildman–Crippen MR) is 48.9 cm³/mol. The van der Waals surface area contributed by atoms with Crippen LogP contribution in [0.2, 0.25) is 0 Å². The van der Waals surface area contributed by atoms with Gasteiger partial charge in [-0.1, -0.05) is 13.8 Å². The van der Waals surface area contributed by atoms with Gasteiger partial charge in [0.2, 0.25) is 0 Å². The molecule has 0 aromatic rings. The molecule has 70 valence electrons. The summed E-state index contributed by atoms with van der Waals surface area (Å²) in [5.41, 5.74) is 0.406. The Kier molecular flexibility index (Phi) is 1.92. The third-order valence-corrected chi connectivity index (χ3v) is 3.04. The van der Waals surface area contributed by atoms with Gasteiger partial charge in [0.1, 0.15) is 5.72 Å². The highest BCUT2D eigenvalue weighted by Gasteiger charge is 2.40. The van der Waals surface area contributed by atoms with E-state index < -0.39 is 0 Å². The molecule has 0 amide bonds. The van der Waals surface area contributed by atoms with Crippen LogP contribution in [0.5, 0.6) is 0 Å². The van der Waals surface area contributed by atoms with E-state index in [9.17, 15) is 0 Å². The Morgan fingerprint density at radius 1 is 1.17 bits per heavy atom. The van der Waals surface area contributed by atoms with Crippen molar-refractivity contribution in [2.45, 2.75) is 45.3 Å². The fourth-order valence-corrected chi connectivity index (χ4v) is 2.10. The van der Waals surface area contributed by atoms with Crippen molar-refractivity contribution >= 4 is 0 Å². The Balaban J connectivity index is 1.97. The van der Waals surface area contributed by atoms with Crippen molar-refractivity contribution in [2.75, 3.05) is 13.2 Å². The largest absolute Gasteiger partial charge is 0.360 e. The van der Waals surface area contributed by atoms with Gasteiger partial charge in [0.15, 0.2) is 0 Å². The lowest BCUT2D eigenvalue weighted by atomic mass is 9.91. The summed E-state index contributed by atoms with van der Waals surface area (Å²) in [6.45, 7) is 6.52. The first-order chi connectivity index (χ1) is 5.62. The molecule has 12 heavy (non-hydrogen) atoms. The maximum atomic E-state index is 5.93. The van der Waals surface area contributed by atoms with Crippen LogP contribution in [0.4, 0.5) is 0 Å². The average Bonchev–Trinajstić information content (AvgIpc) is 2.46. The van der Waals surface area contributed by atoms with Crippen molar-refractivity contribution in [3.05, 3.63) is 0 Å². The molecule has 2 aliphatic rings. The van der Waals surface area contributed by atoms with E-state index in [0.29, 0.717) is 5.41 Å². The van der Waals surface area contributed by atoms with Gasteiger partial charge in [0.25, 0.3) is 0 Å². The summed E-state index contributed by atoms with van der Waals surface area (Å²) in [4.78, 5) is 0. The van der Waals surface area contributed by atoms with Crippen LogP contribution in [-0.4, -0.2) is 18.9 Å². The first kappa shape index (κ1) is 8.52. The molecule has 0 radical (unpaired) electrons. The summed E-state index contributed by atoms with van der Waals surface area (Å²) in [5, 5.41) is 3.56. The van der Waals surface area contributed by atoms with Crippen LogP contribution in [0.25, 0.3) is 0 Å². The fourth-order valence-electron chi connectivity index (χ4n) is 2.10. The minimum absolute atomic E-state index is 0.0789. The second-order valence-corrected chi connectivity index (χ2v) is 5.01. The lowest BCUT2D eigenvalue weighted by Gasteiger charge is -2.42. The quantitative estimate of drug-likeness (QED) is 0.598. The Morgan fingerprint density at radius 3 is 2.33 bits per heavy atom. The van der Waals surface area contributed by atoms with Crippen LogP contribution in [-0.2, 0) is 4.74 Å². The summed E-state index contributed by atoms with van der Waals surface area (Å²) in [6.07, 6.45) is 5.08. The maximum absolute atomic E-state index is 5.93. The van der Waals surface area contributed by atoms with Crippen LogP contribution in [0.3, 0.4) is 0 Å². The van der Waals surface area contributed by atoms with Gasteiger partial charge in [0.05, 0.1) is 6.61 Å². The number of nitrogens with one attached hydrogen (secondary N) is 1. The highest BCUT2D eigenvalue weighted by atomic mass is 16.5. The molecule has 0 bridgehead atoms. The number of hydrogen-bond acceptors (Lipinski definition) is 2. The number of ether oxygens (including phenoxy) is 1. The lowest BCUT2D eigenvalue weighted by Crippen LogP contribution is -2.55. The smallest absolute Gasteiger partial charge is 0.119 e. The molecule has 1 saturated carbocycles. The fraction of sp³-hybridized carbons (Fsp3) is 1.00. The molecule has 0 aromatic heterocycles. The third kappa shape index (κ3) is 1.50. The second-order valence-electron chi connectivity index (χ2n) is 5.01. The Hall–Kier alpha value is -0.0800. The summed E-state index contributed by atoms with van der Waals surface area (Å²) < 4.78 is 5.93. The van der Waals surface area contributed by atoms with Gasteiger partial charge in [-0.25, -0.2) is 0 Å². The third-order valence-electron chi connectivity index (χ3n) is 3.04. The van der Waals surface area contributed by atoms with E-state index in [-0.39, 0.29) is 5.72 Å². The molecule has 2 rings (SSSR count). The zero-order valence-corrected chi connectivity index (χ0v) is 8.15. The summed E-state index contributed by atoms with van der Waals surface area (Å²) >= 11 is 0. The lowest BCUT2D eigenvalue weighted by molar-refractivity contribution is -0.132. The van der Waals surface area contributed by atoms with Crippen molar-refractivity contribution in [1.82, 2.24) is 5.32 Å². The zero-order valence-electron chi connectivity index (χ0n) is 8.15. The highest BCUT2D eigenvalue weighted by Crippen LogP contribution is 2.35. The summed E-state index contributed by atoms with van der Waals surface area (Å²) in [7, 11) is 0. The van der Waals surface area contributed by atoms with Gasteiger partial charge in [-0.3, -0.25) is 5.32 Å². The average molecular weight is 169 g/mol. The van der Waals surface area contributed by atoms with E-state index in [0.717, 1.165) is 13.2 Å². The Labute approximate surface area is 74.7 Å². The highest BCUT2D eigenvalue weighted by molar-refractivity contribution is 4.90. The van der Waals surface area contributed by atoms with Crippen molar-refractivity contribution in [3.63, 3.8) is 0 Å². The molecule has 1 spiro atoms. The molecule has 2 nitrogen and oxygen atoms in total. The SMILES string of the molecule is CC1(C)CNC2(CCCC2)OC1. The van der Waals surface area contributed by atoms with E-state index in [1.807, 2.05) is 0 Å². The van der Waals surface area contributed by atoms with E-state index in [2.05, 4.69) is 19.2 Å². The Morgan fingerprint density at radius 2 is 1.83 bits per heavy atom. The van der Waals surface area contributed by atoms with Crippen molar-refractivity contribution in [1.29, 1.82) is 0 Å². The van der Waals surface area contributed by atoms with Crippen molar-refractivity contribution in [3.8, 4) is 0 Å². The van der Waals surface area contributed by atoms with E-state index in [1.54, 1.807) is 0 Å². The normalized spacial score (nSPS) is 32.5. The molecule has 1 aliphatic heterocycles. The van der Waals surface area contributed by atoms with Crippen LogP contribution >= 0.6 is 0 Å². The van der Waals surface area contributed by atoms with E-state index >= 15 is 0 Å². The number of rotatable bonds is 0. The van der Waals surface area contributed by atoms with Gasteiger partial charge in [-0.2, -0.15) is 0 Å². The maximum Gasteiger partial charge on any atom is 0.119 e. The van der Waals surface area contributed by atoms with Gasteiger partial charge in [0, 0.05) is 12.0 Å². The van der Waals surface area contributed by atoms with Crippen molar-refractivity contribution < 1.29 is 4.74 Å². The van der Waals surface area contributed by atoms with Gasteiger partial charge in [-0.15, -0.1) is 0 Å². The van der Waals surface area contributed by atoms with Crippen LogP contribution in [0.1, 0.15) is 39.5 Å². The minimum Gasteiger partial charge on any atom is -0.360 e. The molecule has 1 saturated heterocycles. The molecule has 0 unspecified atom stereocenters. The topological polar surface area (TPSA) is 21.3 Å². The first-order valence-corrected chi connectivity index (χ1v) is 5.01. The molecule has 1 heterocycles. The second kappa shape index (κ2) is 2.71. The van der Waals surface area contributed by atoms with Crippen LogP contribution < -0.4 is 5.32 Å². The summed E-state index contributed by atoms with van der Waals surface area (Å²) in [5.74, 6) is 0. The zero-order chi connectivity index (χ0) is 8.66. The van der Waals surface area contributed by atoms with E-state index in [1.165, 1.54) is 25.7 Å². The molecular formula is C10H19NO. The molecule has 1 aliphatic carbocycles. The van der Waals surface area contributed by atoms with Crippen LogP contribution in [0.15, 0.2) is 0 Å².